The maximum atomic E-state index is 4.01. The van der Waals surface area contributed by atoms with Crippen molar-refractivity contribution in [1.82, 2.24) is 20.6 Å². The molecule has 0 amide bonds. The molecule has 8 heteroatoms. The third-order valence-electron chi connectivity index (χ3n) is 1.74. The van der Waals surface area contributed by atoms with Crippen LogP contribution in [0.5, 0.6) is 0 Å². The van der Waals surface area contributed by atoms with Crippen LogP contribution in [0.2, 0.25) is 0 Å². The van der Waals surface area contributed by atoms with Crippen LogP contribution < -0.4 is 5.43 Å². The summed E-state index contributed by atoms with van der Waals surface area (Å²) < 4.78 is 0. The minimum atomic E-state index is 0.166. The van der Waals surface area contributed by atoms with Crippen molar-refractivity contribution < 1.29 is 0 Å². The summed E-state index contributed by atoms with van der Waals surface area (Å²) in [6, 6.07) is 9.54. The van der Waals surface area contributed by atoms with Crippen LogP contribution in [0.4, 0.5) is 11.6 Å². The molecule has 17 heavy (non-hydrogen) atoms. The SMILES string of the molecule is CC(N=Nc1nn[nH]n1)=NNc1ccccc1. The van der Waals surface area contributed by atoms with Gasteiger partial charge in [0.25, 0.3) is 0 Å². The standard InChI is InChI=1S/C9H10N8/c1-7(11-13-9-14-16-17-15-9)10-12-8-5-3-2-4-6-8/h2-6,12H,1H3,(H,14,15,16,17). The quantitative estimate of drug-likeness (QED) is 0.362. The van der Waals surface area contributed by atoms with E-state index >= 15 is 0 Å². The summed E-state index contributed by atoms with van der Waals surface area (Å²) in [7, 11) is 0. The lowest BCUT2D eigenvalue weighted by Gasteiger charge is -1.98. The lowest BCUT2D eigenvalue weighted by atomic mass is 10.3. The van der Waals surface area contributed by atoms with E-state index in [1.54, 1.807) is 6.92 Å². The Labute approximate surface area is 96.9 Å². The number of benzene rings is 1. The van der Waals surface area contributed by atoms with Crippen LogP contribution in [0, 0.1) is 0 Å². The number of aromatic nitrogens is 4. The number of rotatable bonds is 3. The molecule has 0 aliphatic rings. The molecule has 86 valence electrons. The van der Waals surface area contributed by atoms with Crippen LogP contribution in [0.1, 0.15) is 6.92 Å². The normalized spacial score (nSPS) is 11.9. The van der Waals surface area contributed by atoms with E-state index in [4.69, 9.17) is 0 Å². The van der Waals surface area contributed by atoms with Crippen molar-refractivity contribution in [2.24, 2.45) is 15.3 Å². The van der Waals surface area contributed by atoms with E-state index in [0.717, 1.165) is 5.69 Å². The van der Waals surface area contributed by atoms with Gasteiger partial charge in [-0.2, -0.15) is 10.3 Å². The molecule has 2 N–H and O–H groups in total. The third kappa shape index (κ3) is 3.45. The van der Waals surface area contributed by atoms with E-state index in [9.17, 15) is 0 Å². The molecule has 1 aromatic carbocycles. The second-order valence-electron chi connectivity index (χ2n) is 3.05. The highest BCUT2D eigenvalue weighted by molar-refractivity contribution is 5.80. The van der Waals surface area contributed by atoms with Gasteiger partial charge in [0.05, 0.1) is 5.69 Å². The molecule has 2 rings (SSSR count). The first-order valence-corrected chi connectivity index (χ1v) is 4.85. The van der Waals surface area contributed by atoms with Gasteiger partial charge in [-0.05, 0) is 24.3 Å². The van der Waals surface area contributed by atoms with Crippen LogP contribution in [-0.4, -0.2) is 26.5 Å². The van der Waals surface area contributed by atoms with Crippen molar-refractivity contribution >= 4 is 17.5 Å². The number of azo groups is 1. The maximum absolute atomic E-state index is 4.01. The van der Waals surface area contributed by atoms with Gasteiger partial charge in [-0.1, -0.05) is 23.3 Å². The fourth-order valence-electron chi connectivity index (χ4n) is 0.996. The molecule has 2 aromatic rings. The van der Waals surface area contributed by atoms with Gasteiger partial charge in [-0.3, -0.25) is 5.43 Å². The predicted molar refractivity (Wildman–Crippen MR) is 61.9 cm³/mol. The molecule has 0 atom stereocenters. The maximum Gasteiger partial charge on any atom is 0.307 e. The third-order valence-corrected chi connectivity index (χ3v) is 1.74. The molecule has 8 nitrogen and oxygen atoms in total. The molecule has 1 heterocycles. The minimum Gasteiger partial charge on any atom is -0.277 e. The van der Waals surface area contributed by atoms with Gasteiger partial charge >= 0.3 is 5.95 Å². The number of aromatic amines is 1. The monoisotopic (exact) mass is 230 g/mol. The van der Waals surface area contributed by atoms with Crippen molar-refractivity contribution in [3.63, 3.8) is 0 Å². The molecular formula is C9H10N8. The Bertz CT molecular complexity index is 501. The van der Waals surface area contributed by atoms with Gasteiger partial charge in [0.2, 0.25) is 0 Å². The van der Waals surface area contributed by atoms with Crippen molar-refractivity contribution in [2.45, 2.75) is 6.92 Å². The van der Waals surface area contributed by atoms with E-state index in [1.165, 1.54) is 0 Å². The van der Waals surface area contributed by atoms with E-state index in [2.05, 4.69) is 41.4 Å². The Kier molecular flexibility index (Phi) is 3.48. The van der Waals surface area contributed by atoms with Crippen molar-refractivity contribution in [1.29, 1.82) is 0 Å². The Hall–Kier alpha value is -2.64. The van der Waals surface area contributed by atoms with Crippen LogP contribution in [0.3, 0.4) is 0 Å². The van der Waals surface area contributed by atoms with Gasteiger partial charge in [0.1, 0.15) is 0 Å². The van der Waals surface area contributed by atoms with E-state index < -0.39 is 0 Å². The second kappa shape index (κ2) is 5.45. The van der Waals surface area contributed by atoms with Crippen LogP contribution >= 0.6 is 0 Å². The van der Waals surface area contributed by atoms with Crippen LogP contribution in [-0.2, 0) is 0 Å². The molecule has 0 aliphatic heterocycles. The summed E-state index contributed by atoms with van der Waals surface area (Å²) >= 11 is 0. The zero-order valence-electron chi connectivity index (χ0n) is 9.07. The van der Waals surface area contributed by atoms with Crippen LogP contribution in [0.25, 0.3) is 0 Å². The zero-order valence-corrected chi connectivity index (χ0v) is 9.07. The van der Waals surface area contributed by atoms with Crippen molar-refractivity contribution in [3.8, 4) is 0 Å². The van der Waals surface area contributed by atoms with Gasteiger partial charge in [0.15, 0.2) is 5.84 Å². The number of H-pyrrole nitrogens is 1. The molecule has 0 bridgehead atoms. The lowest BCUT2D eigenvalue weighted by molar-refractivity contribution is 0.881. The van der Waals surface area contributed by atoms with Crippen LogP contribution in [0.15, 0.2) is 45.7 Å². The summed E-state index contributed by atoms with van der Waals surface area (Å²) in [6.45, 7) is 1.71. The Morgan fingerprint density at radius 1 is 1.29 bits per heavy atom. The number of tetrazole rings is 1. The Morgan fingerprint density at radius 3 is 2.82 bits per heavy atom. The molecule has 0 fully saturated rings. The number of anilines is 1. The first kappa shape index (κ1) is 10.9. The molecule has 0 radical (unpaired) electrons. The number of hydrogen-bond donors (Lipinski definition) is 2. The molecule has 0 aliphatic carbocycles. The first-order chi connectivity index (χ1) is 8.34. The second-order valence-corrected chi connectivity index (χ2v) is 3.05. The number of hydrogen-bond acceptors (Lipinski definition) is 6. The number of para-hydroxylation sites is 1. The molecular weight excluding hydrogens is 220 g/mol. The number of hydrazone groups is 1. The number of amidine groups is 1. The average molecular weight is 230 g/mol. The fourth-order valence-corrected chi connectivity index (χ4v) is 0.996. The van der Waals surface area contributed by atoms with Crippen molar-refractivity contribution in [2.75, 3.05) is 5.43 Å². The highest BCUT2D eigenvalue weighted by atomic mass is 15.5. The highest BCUT2D eigenvalue weighted by Gasteiger charge is 1.93. The van der Waals surface area contributed by atoms with Gasteiger partial charge in [-0.15, -0.1) is 15.3 Å². The molecule has 0 saturated carbocycles. The first-order valence-electron chi connectivity index (χ1n) is 4.85. The predicted octanol–water partition coefficient (Wildman–Crippen LogP) is 1.73. The van der Waals surface area contributed by atoms with Gasteiger partial charge in [0, 0.05) is 0 Å². The largest absolute Gasteiger partial charge is 0.307 e. The zero-order chi connectivity index (χ0) is 11.9. The topological polar surface area (TPSA) is 104 Å². The summed E-state index contributed by atoms with van der Waals surface area (Å²) in [5.41, 5.74) is 3.72. The molecule has 0 unspecified atom stereocenters. The summed E-state index contributed by atoms with van der Waals surface area (Å²) in [5.74, 6) is 0.623. The number of nitrogens with zero attached hydrogens (tertiary/aromatic N) is 6. The smallest absolute Gasteiger partial charge is 0.277 e. The summed E-state index contributed by atoms with van der Waals surface area (Å²) in [5, 5.41) is 24.4. The minimum absolute atomic E-state index is 0.166. The van der Waals surface area contributed by atoms with E-state index in [-0.39, 0.29) is 5.95 Å². The van der Waals surface area contributed by atoms with Crippen molar-refractivity contribution in [3.05, 3.63) is 30.3 Å². The highest BCUT2D eigenvalue weighted by Crippen LogP contribution is 2.05. The van der Waals surface area contributed by atoms with Gasteiger partial charge in [-0.25, -0.2) is 0 Å². The molecule has 0 saturated heterocycles. The average Bonchev–Trinajstić information content (AvgIpc) is 2.88. The number of nitrogens with one attached hydrogen (secondary N) is 2. The molecule has 0 spiro atoms. The fraction of sp³-hybridized carbons (Fsp3) is 0.111. The molecule has 1 aromatic heterocycles. The van der Waals surface area contributed by atoms with E-state index in [1.807, 2.05) is 30.3 Å². The summed E-state index contributed by atoms with van der Waals surface area (Å²) in [6.07, 6.45) is 0. The Morgan fingerprint density at radius 2 is 2.12 bits per heavy atom. The Balaban J connectivity index is 1.94. The van der Waals surface area contributed by atoms with E-state index in [0.29, 0.717) is 5.84 Å². The lowest BCUT2D eigenvalue weighted by Crippen LogP contribution is -1.93. The van der Waals surface area contributed by atoms with Gasteiger partial charge < -0.3 is 0 Å². The summed E-state index contributed by atoms with van der Waals surface area (Å²) in [4.78, 5) is 0.